The van der Waals surface area contributed by atoms with Gasteiger partial charge in [0.15, 0.2) is 0 Å². The summed E-state index contributed by atoms with van der Waals surface area (Å²) >= 11 is 7.80. The quantitative estimate of drug-likeness (QED) is 0.855. The van der Waals surface area contributed by atoms with E-state index >= 15 is 0 Å². The smallest absolute Gasteiger partial charge is 0.138 e. The van der Waals surface area contributed by atoms with Gasteiger partial charge in [-0.1, -0.05) is 25.4 Å². The topological polar surface area (TPSA) is 50.7 Å². The number of halogens is 1. The van der Waals surface area contributed by atoms with Gasteiger partial charge in [0.2, 0.25) is 0 Å². The first-order valence-electron chi connectivity index (χ1n) is 6.23. The molecule has 0 spiro atoms. The van der Waals surface area contributed by atoms with Gasteiger partial charge in [0.1, 0.15) is 17.3 Å². The van der Waals surface area contributed by atoms with Gasteiger partial charge in [-0.2, -0.15) is 0 Å². The average molecular weight is 297 g/mol. The van der Waals surface area contributed by atoms with Gasteiger partial charge in [-0.05, 0) is 12.8 Å². The van der Waals surface area contributed by atoms with E-state index in [-0.39, 0.29) is 5.92 Å². The molecule has 0 saturated heterocycles. The number of nitrogens with one attached hydrogen (secondary N) is 1. The van der Waals surface area contributed by atoms with Crippen LogP contribution in [-0.4, -0.2) is 21.5 Å². The van der Waals surface area contributed by atoms with Gasteiger partial charge in [-0.3, -0.25) is 0 Å². The van der Waals surface area contributed by atoms with Crippen molar-refractivity contribution < 1.29 is 0 Å². The fraction of sp³-hybridized carbons (Fsp3) is 0.462. The highest BCUT2D eigenvalue weighted by Crippen LogP contribution is 2.27. The number of thiazole rings is 1. The maximum atomic E-state index is 6.12. The van der Waals surface area contributed by atoms with Gasteiger partial charge in [-0.25, -0.2) is 15.0 Å². The van der Waals surface area contributed by atoms with E-state index in [1.165, 1.54) is 6.33 Å². The summed E-state index contributed by atoms with van der Waals surface area (Å²) in [4.78, 5) is 12.7. The van der Waals surface area contributed by atoms with Crippen LogP contribution in [0, 0.1) is 6.92 Å². The molecule has 0 aliphatic carbocycles. The lowest BCUT2D eigenvalue weighted by Crippen LogP contribution is -2.10. The zero-order valence-corrected chi connectivity index (χ0v) is 12.8. The molecule has 2 heterocycles. The van der Waals surface area contributed by atoms with Crippen molar-refractivity contribution in [1.29, 1.82) is 0 Å². The van der Waals surface area contributed by atoms with Gasteiger partial charge in [-0.15, -0.1) is 11.3 Å². The molecule has 102 valence electrons. The molecule has 0 amide bonds. The van der Waals surface area contributed by atoms with Crippen molar-refractivity contribution >= 4 is 28.8 Å². The summed E-state index contributed by atoms with van der Waals surface area (Å²) in [7, 11) is 0. The summed E-state index contributed by atoms with van der Waals surface area (Å²) in [5, 5.41) is 7.04. The van der Waals surface area contributed by atoms with Crippen LogP contribution in [-0.2, 0) is 6.42 Å². The van der Waals surface area contributed by atoms with E-state index in [1.54, 1.807) is 11.3 Å². The zero-order chi connectivity index (χ0) is 13.8. The first-order chi connectivity index (χ1) is 9.08. The Morgan fingerprint density at radius 3 is 2.79 bits per heavy atom. The molecule has 0 aromatic carbocycles. The predicted octanol–water partition coefficient (Wildman–Crippen LogP) is 3.67. The van der Waals surface area contributed by atoms with Gasteiger partial charge in [0, 0.05) is 23.9 Å². The monoisotopic (exact) mass is 296 g/mol. The van der Waals surface area contributed by atoms with Crippen LogP contribution >= 0.6 is 22.9 Å². The lowest BCUT2D eigenvalue weighted by Gasteiger charge is -2.13. The van der Waals surface area contributed by atoms with E-state index in [1.807, 2.05) is 6.92 Å². The van der Waals surface area contributed by atoms with E-state index in [0.717, 1.165) is 35.0 Å². The minimum Gasteiger partial charge on any atom is -0.369 e. The summed E-state index contributed by atoms with van der Waals surface area (Å²) in [6, 6.07) is 0. The first kappa shape index (κ1) is 14.2. The summed E-state index contributed by atoms with van der Waals surface area (Å²) in [5.41, 5.74) is 2.08. The Morgan fingerprint density at radius 1 is 1.37 bits per heavy atom. The Bertz CT molecular complexity index is 553. The van der Waals surface area contributed by atoms with Crippen LogP contribution in [0.1, 0.15) is 36.0 Å². The second-order valence-electron chi connectivity index (χ2n) is 4.62. The molecule has 0 aliphatic rings. The highest BCUT2D eigenvalue weighted by Gasteiger charge is 2.13. The second kappa shape index (κ2) is 6.30. The molecule has 0 fully saturated rings. The molecule has 19 heavy (non-hydrogen) atoms. The van der Waals surface area contributed by atoms with Crippen molar-refractivity contribution in [2.24, 2.45) is 0 Å². The van der Waals surface area contributed by atoms with Crippen molar-refractivity contribution in [1.82, 2.24) is 15.0 Å². The molecule has 2 aromatic rings. The zero-order valence-electron chi connectivity index (χ0n) is 11.3. The minimum absolute atomic E-state index is 0.290. The van der Waals surface area contributed by atoms with Crippen molar-refractivity contribution in [3.63, 3.8) is 0 Å². The van der Waals surface area contributed by atoms with Crippen LogP contribution in [0.2, 0.25) is 5.15 Å². The largest absolute Gasteiger partial charge is 0.369 e. The number of hydrogen-bond acceptors (Lipinski definition) is 5. The standard InChI is InChI=1S/C13H17ClN4S/c1-8(2)11-12(14)16-7-17-13(11)15-5-4-10-6-19-9(3)18-10/h6-8H,4-5H2,1-3H3,(H,15,16,17). The van der Waals surface area contributed by atoms with Crippen molar-refractivity contribution in [2.45, 2.75) is 33.1 Å². The van der Waals surface area contributed by atoms with Crippen LogP contribution < -0.4 is 5.32 Å². The highest BCUT2D eigenvalue weighted by atomic mass is 35.5. The third kappa shape index (κ3) is 3.64. The van der Waals surface area contributed by atoms with Gasteiger partial charge >= 0.3 is 0 Å². The molecular weight excluding hydrogens is 280 g/mol. The Morgan fingerprint density at radius 2 is 2.16 bits per heavy atom. The Balaban J connectivity index is 2.01. The molecule has 0 atom stereocenters. The Kier molecular flexibility index (Phi) is 4.71. The maximum Gasteiger partial charge on any atom is 0.138 e. The van der Waals surface area contributed by atoms with Crippen LogP contribution in [0.4, 0.5) is 5.82 Å². The normalized spacial score (nSPS) is 11.0. The van der Waals surface area contributed by atoms with Gasteiger partial charge < -0.3 is 5.32 Å². The summed E-state index contributed by atoms with van der Waals surface area (Å²) in [6.07, 6.45) is 2.37. The van der Waals surface area contributed by atoms with Crippen LogP contribution in [0.3, 0.4) is 0 Å². The van der Waals surface area contributed by atoms with E-state index in [2.05, 4.69) is 39.5 Å². The summed E-state index contributed by atoms with van der Waals surface area (Å²) in [6.45, 7) is 6.97. The molecule has 0 radical (unpaired) electrons. The number of aromatic nitrogens is 3. The number of rotatable bonds is 5. The third-order valence-electron chi connectivity index (χ3n) is 2.75. The number of aryl methyl sites for hydroxylation is 1. The minimum atomic E-state index is 0.290. The molecular formula is C13H17ClN4S. The van der Waals surface area contributed by atoms with Crippen molar-refractivity contribution in [2.75, 3.05) is 11.9 Å². The van der Waals surface area contributed by atoms with Gasteiger partial charge in [0.25, 0.3) is 0 Å². The Labute approximate surface area is 122 Å². The molecule has 0 saturated carbocycles. The number of anilines is 1. The molecule has 2 rings (SSSR count). The van der Waals surface area contributed by atoms with E-state index in [4.69, 9.17) is 11.6 Å². The predicted molar refractivity (Wildman–Crippen MR) is 80.2 cm³/mol. The van der Waals surface area contributed by atoms with Crippen molar-refractivity contribution in [3.8, 4) is 0 Å². The molecule has 0 unspecified atom stereocenters. The molecule has 2 aromatic heterocycles. The summed E-state index contributed by atoms with van der Waals surface area (Å²) in [5.74, 6) is 1.11. The van der Waals surface area contributed by atoms with Crippen LogP contribution in [0.15, 0.2) is 11.7 Å². The summed E-state index contributed by atoms with van der Waals surface area (Å²) < 4.78 is 0. The highest BCUT2D eigenvalue weighted by molar-refractivity contribution is 7.09. The van der Waals surface area contributed by atoms with E-state index < -0.39 is 0 Å². The molecule has 6 heteroatoms. The van der Waals surface area contributed by atoms with Crippen molar-refractivity contribution in [3.05, 3.63) is 33.1 Å². The molecule has 4 nitrogen and oxygen atoms in total. The SMILES string of the molecule is Cc1nc(CCNc2ncnc(Cl)c2C(C)C)cs1. The van der Waals surface area contributed by atoms with E-state index in [0.29, 0.717) is 5.15 Å². The fourth-order valence-corrected chi connectivity index (χ4v) is 2.86. The third-order valence-corrected chi connectivity index (χ3v) is 3.88. The van der Waals surface area contributed by atoms with Gasteiger partial charge in [0.05, 0.1) is 10.7 Å². The molecule has 1 N–H and O–H groups in total. The van der Waals surface area contributed by atoms with Crippen LogP contribution in [0.25, 0.3) is 0 Å². The lowest BCUT2D eigenvalue weighted by molar-refractivity contribution is 0.841. The fourth-order valence-electron chi connectivity index (χ4n) is 1.86. The average Bonchev–Trinajstić information content (AvgIpc) is 2.74. The molecule has 0 aliphatic heterocycles. The maximum absolute atomic E-state index is 6.12. The van der Waals surface area contributed by atoms with Crippen LogP contribution in [0.5, 0.6) is 0 Å². The lowest BCUT2D eigenvalue weighted by atomic mass is 10.1. The Hall–Kier alpha value is -1.20. The number of hydrogen-bond donors (Lipinski definition) is 1. The first-order valence-corrected chi connectivity index (χ1v) is 7.49. The number of nitrogens with zero attached hydrogens (tertiary/aromatic N) is 3. The second-order valence-corrected chi connectivity index (χ2v) is 6.04. The molecule has 0 bridgehead atoms. The van der Waals surface area contributed by atoms with E-state index in [9.17, 15) is 0 Å².